The first-order chi connectivity index (χ1) is 12.3. The lowest BCUT2D eigenvalue weighted by atomic mass is 10.3. The van der Waals surface area contributed by atoms with Gasteiger partial charge in [-0.3, -0.25) is 0 Å². The van der Waals surface area contributed by atoms with Gasteiger partial charge in [-0.1, -0.05) is 30.0 Å². The van der Waals surface area contributed by atoms with E-state index in [2.05, 4.69) is 12.1 Å². The molecule has 1 aromatic heterocycles. The summed E-state index contributed by atoms with van der Waals surface area (Å²) in [7, 11) is 0. The van der Waals surface area contributed by atoms with Crippen LogP contribution in [0.3, 0.4) is 0 Å². The number of hydrogen-bond donors (Lipinski definition) is 2. The maximum atomic E-state index is 10.3. The summed E-state index contributed by atoms with van der Waals surface area (Å²) in [6.45, 7) is 4.32. The molecule has 25 heavy (non-hydrogen) atoms. The number of rotatable bonds is 7. The average molecular weight is 361 g/mol. The Kier molecular flexibility index (Phi) is 5.36. The number of aliphatic hydroxyl groups is 1. The van der Waals surface area contributed by atoms with Crippen molar-refractivity contribution in [2.45, 2.75) is 30.0 Å². The summed E-state index contributed by atoms with van der Waals surface area (Å²) < 4.78 is 7.34. The Labute approximate surface area is 152 Å². The number of quaternary nitrogens is 1. The summed E-state index contributed by atoms with van der Waals surface area (Å²) in [5.74, 6) is 2.22. The zero-order valence-corrected chi connectivity index (χ0v) is 15.1. The van der Waals surface area contributed by atoms with Crippen LogP contribution in [0.4, 0.5) is 0 Å². The molecule has 0 radical (unpaired) electrons. The van der Waals surface area contributed by atoms with Crippen LogP contribution in [0.2, 0.25) is 0 Å². The Morgan fingerprint density at radius 3 is 2.72 bits per heavy atom. The molecule has 1 saturated carbocycles. The van der Waals surface area contributed by atoms with Crippen molar-refractivity contribution in [3.05, 3.63) is 36.2 Å². The SMILES string of the molecule is O[C@H](CSc1nc(C2CC2)n(-c2ccccc2)n1)C[NH+]1CCOCC1. The van der Waals surface area contributed by atoms with E-state index in [9.17, 15) is 5.11 Å². The van der Waals surface area contributed by atoms with Crippen LogP contribution in [0.25, 0.3) is 5.69 Å². The van der Waals surface area contributed by atoms with E-state index in [1.165, 1.54) is 17.7 Å². The van der Waals surface area contributed by atoms with E-state index in [-0.39, 0.29) is 6.10 Å². The predicted octanol–water partition coefficient (Wildman–Crippen LogP) is 0.513. The minimum absolute atomic E-state index is 0.342. The molecule has 2 N–H and O–H groups in total. The Bertz CT molecular complexity index is 684. The summed E-state index contributed by atoms with van der Waals surface area (Å²) >= 11 is 1.55. The van der Waals surface area contributed by atoms with Gasteiger partial charge in [0.05, 0.1) is 18.9 Å². The van der Waals surface area contributed by atoms with E-state index in [0.29, 0.717) is 11.7 Å². The Morgan fingerprint density at radius 2 is 2.00 bits per heavy atom. The Balaban J connectivity index is 1.39. The van der Waals surface area contributed by atoms with Gasteiger partial charge in [-0.2, -0.15) is 0 Å². The molecule has 2 aliphatic rings. The number of benzene rings is 1. The molecule has 4 rings (SSSR count). The number of nitrogens with zero attached hydrogens (tertiary/aromatic N) is 3. The van der Waals surface area contributed by atoms with E-state index >= 15 is 0 Å². The second kappa shape index (κ2) is 7.86. The standard InChI is InChI=1S/C18H24N4O2S/c23-16(12-21-8-10-24-11-9-21)13-25-18-19-17(14-6-7-14)22(20-18)15-4-2-1-3-5-15/h1-5,14,16,23H,6-13H2/p+1/t16-/m0/s1. The van der Waals surface area contributed by atoms with Gasteiger partial charge in [0, 0.05) is 11.7 Å². The maximum Gasteiger partial charge on any atom is 0.209 e. The van der Waals surface area contributed by atoms with Crippen LogP contribution in [0, 0.1) is 0 Å². The van der Waals surface area contributed by atoms with Crippen LogP contribution in [-0.2, 0) is 4.74 Å². The van der Waals surface area contributed by atoms with E-state index in [1.54, 1.807) is 11.8 Å². The van der Waals surface area contributed by atoms with E-state index in [1.807, 2.05) is 22.9 Å². The van der Waals surface area contributed by atoms with Gasteiger partial charge in [0.25, 0.3) is 0 Å². The van der Waals surface area contributed by atoms with Crippen molar-refractivity contribution in [1.82, 2.24) is 14.8 Å². The van der Waals surface area contributed by atoms with Crippen molar-refractivity contribution in [2.75, 3.05) is 38.6 Å². The van der Waals surface area contributed by atoms with Crippen LogP contribution in [-0.4, -0.2) is 64.6 Å². The molecule has 6 nitrogen and oxygen atoms in total. The third-order valence-corrected chi connectivity index (χ3v) is 5.67. The molecule has 0 bridgehead atoms. The van der Waals surface area contributed by atoms with Crippen molar-refractivity contribution in [3.63, 3.8) is 0 Å². The first kappa shape index (κ1) is 17.0. The molecule has 7 heteroatoms. The lowest BCUT2D eigenvalue weighted by Gasteiger charge is -2.25. The topological polar surface area (TPSA) is 64.6 Å². The predicted molar refractivity (Wildman–Crippen MR) is 96.4 cm³/mol. The molecule has 2 fully saturated rings. The highest BCUT2D eigenvalue weighted by Gasteiger charge is 2.30. The van der Waals surface area contributed by atoms with Gasteiger partial charge in [-0.05, 0) is 25.0 Å². The molecule has 2 heterocycles. The fourth-order valence-corrected chi connectivity index (χ4v) is 3.91. The molecule has 0 spiro atoms. The normalized spacial score (nSPS) is 19.9. The molecule has 2 aromatic rings. The number of morpholine rings is 1. The minimum Gasteiger partial charge on any atom is -0.386 e. The van der Waals surface area contributed by atoms with Gasteiger partial charge in [0.15, 0.2) is 0 Å². The number of nitrogens with one attached hydrogen (secondary N) is 1. The van der Waals surface area contributed by atoms with Crippen molar-refractivity contribution in [1.29, 1.82) is 0 Å². The van der Waals surface area contributed by atoms with E-state index in [0.717, 1.165) is 49.5 Å². The quantitative estimate of drug-likeness (QED) is 0.704. The summed E-state index contributed by atoms with van der Waals surface area (Å²) in [5.41, 5.74) is 1.06. The number of aromatic nitrogens is 3. The first-order valence-corrected chi connectivity index (χ1v) is 10.0. The summed E-state index contributed by atoms with van der Waals surface area (Å²) in [4.78, 5) is 6.16. The zero-order chi connectivity index (χ0) is 17.1. The molecular formula is C18H25N4O2S+. The highest BCUT2D eigenvalue weighted by molar-refractivity contribution is 7.99. The molecule has 1 aromatic carbocycles. The largest absolute Gasteiger partial charge is 0.386 e. The molecule has 1 saturated heterocycles. The maximum absolute atomic E-state index is 10.3. The summed E-state index contributed by atoms with van der Waals surface area (Å²) in [6, 6.07) is 10.2. The molecule has 1 aliphatic carbocycles. The van der Waals surface area contributed by atoms with Crippen LogP contribution in [0.1, 0.15) is 24.6 Å². The van der Waals surface area contributed by atoms with Crippen molar-refractivity contribution >= 4 is 11.8 Å². The van der Waals surface area contributed by atoms with Crippen LogP contribution in [0.5, 0.6) is 0 Å². The highest BCUT2D eigenvalue weighted by atomic mass is 32.2. The molecule has 1 aliphatic heterocycles. The summed E-state index contributed by atoms with van der Waals surface area (Å²) in [5, 5.41) is 15.8. The second-order valence-corrected chi connectivity index (χ2v) is 7.79. The lowest BCUT2D eigenvalue weighted by molar-refractivity contribution is -0.910. The van der Waals surface area contributed by atoms with E-state index in [4.69, 9.17) is 14.8 Å². The number of thioether (sulfide) groups is 1. The van der Waals surface area contributed by atoms with Crippen molar-refractivity contribution in [3.8, 4) is 5.69 Å². The zero-order valence-electron chi connectivity index (χ0n) is 14.3. The van der Waals surface area contributed by atoms with Gasteiger partial charge >= 0.3 is 0 Å². The smallest absolute Gasteiger partial charge is 0.209 e. The van der Waals surface area contributed by atoms with Gasteiger partial charge in [0.1, 0.15) is 31.6 Å². The van der Waals surface area contributed by atoms with Crippen LogP contribution >= 0.6 is 11.8 Å². The van der Waals surface area contributed by atoms with Gasteiger partial charge in [0.2, 0.25) is 5.16 Å². The molecule has 0 unspecified atom stereocenters. The average Bonchev–Trinajstić information content (AvgIpc) is 3.41. The van der Waals surface area contributed by atoms with Gasteiger partial charge < -0.3 is 14.7 Å². The molecule has 1 atom stereocenters. The van der Waals surface area contributed by atoms with E-state index < -0.39 is 0 Å². The fraction of sp³-hybridized carbons (Fsp3) is 0.556. The third-order valence-electron chi connectivity index (χ3n) is 4.69. The monoisotopic (exact) mass is 361 g/mol. The lowest BCUT2D eigenvalue weighted by Crippen LogP contribution is -3.15. The molecule has 134 valence electrons. The second-order valence-electron chi connectivity index (χ2n) is 6.81. The molecular weight excluding hydrogens is 336 g/mol. The first-order valence-electron chi connectivity index (χ1n) is 9.04. The highest BCUT2D eigenvalue weighted by Crippen LogP contribution is 2.40. The molecule has 0 amide bonds. The Hall–Kier alpha value is -1.41. The number of para-hydroxylation sites is 1. The minimum atomic E-state index is -0.342. The van der Waals surface area contributed by atoms with Crippen LogP contribution < -0.4 is 4.90 Å². The fourth-order valence-electron chi connectivity index (χ4n) is 3.16. The number of hydrogen-bond acceptors (Lipinski definition) is 5. The number of aliphatic hydroxyl groups excluding tert-OH is 1. The van der Waals surface area contributed by atoms with Crippen molar-refractivity contribution < 1.29 is 14.7 Å². The van der Waals surface area contributed by atoms with Gasteiger partial charge in [-0.15, -0.1) is 5.10 Å². The summed E-state index contributed by atoms with van der Waals surface area (Å²) in [6.07, 6.45) is 2.04. The third kappa shape index (κ3) is 4.41. The van der Waals surface area contributed by atoms with Crippen LogP contribution in [0.15, 0.2) is 35.5 Å². The van der Waals surface area contributed by atoms with Gasteiger partial charge in [-0.25, -0.2) is 9.67 Å². The number of ether oxygens (including phenoxy) is 1. The van der Waals surface area contributed by atoms with Crippen molar-refractivity contribution in [2.24, 2.45) is 0 Å². The Morgan fingerprint density at radius 1 is 1.24 bits per heavy atom.